The van der Waals surface area contributed by atoms with Crippen molar-refractivity contribution < 1.29 is 8.83 Å². The van der Waals surface area contributed by atoms with E-state index in [1.807, 2.05) is 78.9 Å². The van der Waals surface area contributed by atoms with Gasteiger partial charge < -0.3 is 18.3 Å². The summed E-state index contributed by atoms with van der Waals surface area (Å²) in [4.78, 5) is 28.2. The van der Waals surface area contributed by atoms with Crippen LogP contribution in [0.15, 0.2) is 415 Å². The number of hydrogen-bond acceptors (Lipinski definition) is 8. The van der Waals surface area contributed by atoms with Crippen LogP contribution in [0.3, 0.4) is 0 Å². The van der Waals surface area contributed by atoms with Crippen LogP contribution in [0.4, 0.5) is 17.1 Å². The third kappa shape index (κ3) is 10.9. The molecule has 0 unspecified atom stereocenters. The van der Waals surface area contributed by atoms with Crippen LogP contribution in [0.2, 0.25) is 0 Å². The molecule has 25 rings (SSSR count). The lowest BCUT2D eigenvalue weighted by atomic mass is 10.00. The molecule has 18 aromatic carbocycles. The van der Waals surface area contributed by atoms with E-state index in [4.69, 9.17) is 33.8 Å². The van der Waals surface area contributed by atoms with Gasteiger partial charge in [-0.15, -0.1) is 0 Å². The maximum atomic E-state index is 7.20. The predicted octanol–water partition coefficient (Wildman–Crippen LogP) is 28.7. The molecule has 0 spiro atoms. The van der Waals surface area contributed by atoms with Gasteiger partial charge in [0.25, 0.3) is 0 Å². The van der Waals surface area contributed by atoms with E-state index in [0.717, 1.165) is 165 Å². The summed E-state index contributed by atoms with van der Waals surface area (Å²) in [6.07, 6.45) is 0. The molecule has 0 saturated heterocycles. The molecule has 0 aliphatic heterocycles. The van der Waals surface area contributed by atoms with E-state index in [9.17, 15) is 0 Å². The Morgan fingerprint density at radius 2 is 0.558 bits per heavy atom. The van der Waals surface area contributed by atoms with Crippen LogP contribution in [0.1, 0.15) is 0 Å². The molecule has 0 aliphatic carbocycles. The van der Waals surface area contributed by atoms with Gasteiger partial charge >= 0.3 is 0 Å². The van der Waals surface area contributed by atoms with E-state index in [0.29, 0.717) is 23.5 Å². The van der Waals surface area contributed by atoms with Crippen molar-refractivity contribution in [2.24, 2.45) is 0 Å². The van der Waals surface area contributed by atoms with Gasteiger partial charge in [-0.1, -0.05) is 315 Å². The van der Waals surface area contributed by atoms with Crippen molar-refractivity contribution in [3.05, 3.63) is 406 Å². The third-order valence-corrected chi connectivity index (χ3v) is 23.8. The molecule has 11 heteroatoms. The standard InChI is InChI=1S/C60H38N4O.C49H29N5O/c1-4-16-39(17-5-1)41-28-32-44(33-29-41)63(45-34-30-42(31-35-45)40-18-6-2-7-19-40)55-38-51-48-36-37-54-56(59(48)65-58(51)47-23-11-10-22-46(47)55)50-25-13-15-27-53(50)64(54)60-61-52-26-14-12-24-49(52)57(62-60)43-20-8-3-9-21-43;1-3-15-30(16-4-1)47-50-48(31-17-5-2-6-18-31)52-49(51-47)54-41-26-14-11-23-37(41)44-42(54)28-27-36-38-29-43(34-21-7-8-22-35(34)45(38)55-46(36)44)53-39-24-12-9-19-32(39)33-20-10-13-25-40(33)53/h1-38H;1-29H. The maximum Gasteiger partial charge on any atom is 0.238 e. The fourth-order valence-corrected chi connectivity index (χ4v) is 18.3. The number of hydrogen-bond donors (Lipinski definition) is 0. The molecule has 0 N–H and O–H groups in total. The highest BCUT2D eigenvalue weighted by molar-refractivity contribution is 6.29. The van der Waals surface area contributed by atoms with Crippen LogP contribution in [0, 0.1) is 0 Å². The number of furan rings is 2. The summed E-state index contributed by atoms with van der Waals surface area (Å²) >= 11 is 0. The summed E-state index contributed by atoms with van der Waals surface area (Å²) < 4.78 is 21.1. The largest absolute Gasteiger partial charge is 0.455 e. The molecule has 0 saturated carbocycles. The molecule has 0 fully saturated rings. The van der Waals surface area contributed by atoms with Gasteiger partial charge in [-0.25, -0.2) is 15.0 Å². The Kier molecular flexibility index (Phi) is 15.7. The topological polar surface area (TPSA) is 109 Å². The van der Waals surface area contributed by atoms with Crippen molar-refractivity contribution >= 4 is 159 Å². The van der Waals surface area contributed by atoms with Gasteiger partial charge in [0, 0.05) is 98.1 Å². The Balaban J connectivity index is 0.000000138. The Hall–Kier alpha value is -16.4. The number of fused-ring (bicyclic) bond motifs is 22. The fraction of sp³-hybridized carbons (Fsp3) is 0. The molecule has 7 heterocycles. The van der Waals surface area contributed by atoms with Crippen molar-refractivity contribution in [1.82, 2.24) is 38.6 Å². The SMILES string of the molecule is c1ccc(-c2ccc(N(c3ccc(-c4ccccc4)cc3)c3cc4c5ccc6c(c7ccccc7n6-c6nc(-c7ccccc7)c7ccccc7n6)c5oc4c4ccccc34)cc2)cc1.c1ccc(-c2nc(-c3ccccc3)nc(-n3c4ccccc4c4c5oc6c7ccccc7c(-n7c8ccccc8c8ccccc87)cc6c5ccc43)n2)cc1. The van der Waals surface area contributed by atoms with E-state index in [2.05, 4.69) is 346 Å². The molecule has 0 amide bonds. The van der Waals surface area contributed by atoms with E-state index in [1.54, 1.807) is 0 Å². The minimum Gasteiger partial charge on any atom is -0.455 e. The second kappa shape index (κ2) is 27.7. The second-order valence-electron chi connectivity index (χ2n) is 30.5. The smallest absolute Gasteiger partial charge is 0.238 e. The zero-order chi connectivity index (χ0) is 78.9. The molecule has 0 aliphatic rings. The van der Waals surface area contributed by atoms with Gasteiger partial charge in [0.15, 0.2) is 11.6 Å². The molecule has 25 aromatic rings. The van der Waals surface area contributed by atoms with Crippen molar-refractivity contribution in [2.45, 2.75) is 0 Å². The highest BCUT2D eigenvalue weighted by atomic mass is 16.3. The van der Waals surface area contributed by atoms with Crippen LogP contribution in [-0.2, 0) is 0 Å². The third-order valence-electron chi connectivity index (χ3n) is 23.8. The average Bonchev–Trinajstić information content (AvgIpc) is 1.55. The summed E-state index contributed by atoms with van der Waals surface area (Å²) in [7, 11) is 0. The summed E-state index contributed by atoms with van der Waals surface area (Å²) in [5.74, 6) is 2.39. The first kappa shape index (κ1) is 68.1. The van der Waals surface area contributed by atoms with E-state index in [1.165, 1.54) is 44.1 Å². The Labute approximate surface area is 687 Å². The van der Waals surface area contributed by atoms with E-state index >= 15 is 0 Å². The van der Waals surface area contributed by atoms with E-state index in [-0.39, 0.29) is 0 Å². The molecule has 11 nitrogen and oxygen atoms in total. The van der Waals surface area contributed by atoms with Crippen LogP contribution >= 0.6 is 0 Å². The van der Waals surface area contributed by atoms with Crippen LogP contribution in [-0.4, -0.2) is 38.6 Å². The van der Waals surface area contributed by atoms with Crippen molar-refractivity contribution in [2.75, 3.05) is 4.90 Å². The lowest BCUT2D eigenvalue weighted by molar-refractivity contribution is 0.676. The van der Waals surface area contributed by atoms with Gasteiger partial charge in [0.05, 0.1) is 66.5 Å². The summed E-state index contributed by atoms with van der Waals surface area (Å²) in [6, 6.07) is 143. The molecular weight excluding hydrogens is 1470 g/mol. The number of para-hydroxylation sites is 5. The second-order valence-corrected chi connectivity index (χ2v) is 30.5. The Morgan fingerprint density at radius 3 is 1.04 bits per heavy atom. The van der Waals surface area contributed by atoms with Gasteiger partial charge in [0.2, 0.25) is 11.9 Å². The Bertz CT molecular complexity index is 8190. The zero-order valence-corrected chi connectivity index (χ0v) is 64.5. The van der Waals surface area contributed by atoms with Crippen LogP contribution < -0.4 is 4.90 Å². The minimum absolute atomic E-state index is 0.550. The first-order valence-corrected chi connectivity index (χ1v) is 40.4. The summed E-state index contributed by atoms with van der Waals surface area (Å²) in [6.45, 7) is 0. The van der Waals surface area contributed by atoms with Crippen molar-refractivity contribution in [3.63, 3.8) is 0 Å². The number of rotatable bonds is 11. The zero-order valence-electron chi connectivity index (χ0n) is 64.5. The first-order chi connectivity index (χ1) is 59.5. The monoisotopic (exact) mass is 1530 g/mol. The number of benzene rings is 18. The average molecular weight is 1530 g/mol. The lowest BCUT2D eigenvalue weighted by Crippen LogP contribution is -2.10. The van der Waals surface area contributed by atoms with Gasteiger partial charge in [-0.3, -0.25) is 9.13 Å². The molecular formula is C109H67N9O2. The maximum absolute atomic E-state index is 7.20. The highest BCUT2D eigenvalue weighted by Gasteiger charge is 2.28. The van der Waals surface area contributed by atoms with Crippen LogP contribution in [0.25, 0.3) is 216 Å². The van der Waals surface area contributed by atoms with Gasteiger partial charge in [-0.2, -0.15) is 9.97 Å². The van der Waals surface area contributed by atoms with E-state index < -0.39 is 0 Å². The molecule has 0 atom stereocenters. The van der Waals surface area contributed by atoms with Crippen molar-refractivity contribution in [1.29, 1.82) is 0 Å². The summed E-state index contributed by atoms with van der Waals surface area (Å²) in [5, 5.41) is 16.2. The minimum atomic E-state index is 0.550. The predicted molar refractivity (Wildman–Crippen MR) is 494 cm³/mol. The van der Waals surface area contributed by atoms with Crippen molar-refractivity contribution in [3.8, 4) is 73.9 Å². The molecule has 120 heavy (non-hydrogen) atoms. The molecule has 560 valence electrons. The number of nitrogens with zero attached hydrogens (tertiary/aromatic N) is 9. The van der Waals surface area contributed by atoms with Gasteiger partial charge in [-0.05, 0) is 113 Å². The number of aromatic nitrogens is 8. The normalized spacial score (nSPS) is 11.8. The fourth-order valence-electron chi connectivity index (χ4n) is 18.3. The quantitative estimate of drug-likeness (QED) is 0.126. The highest BCUT2D eigenvalue weighted by Crippen LogP contribution is 2.50. The lowest BCUT2D eigenvalue weighted by Gasteiger charge is -2.27. The molecule has 0 radical (unpaired) electrons. The molecule has 7 aromatic heterocycles. The summed E-state index contributed by atoms with van der Waals surface area (Å²) in [5.41, 5.74) is 23.4. The first-order valence-electron chi connectivity index (χ1n) is 40.4. The molecule has 0 bridgehead atoms. The Morgan fingerprint density at radius 1 is 0.208 bits per heavy atom. The van der Waals surface area contributed by atoms with Crippen LogP contribution in [0.5, 0.6) is 0 Å². The van der Waals surface area contributed by atoms with Gasteiger partial charge in [0.1, 0.15) is 22.3 Å². The number of anilines is 3.